The number of aromatic nitrogens is 1. The molecule has 0 spiro atoms. The Bertz CT molecular complexity index is 645. The van der Waals surface area contributed by atoms with E-state index in [0.717, 1.165) is 19.5 Å². The molecule has 1 aromatic heterocycles. The summed E-state index contributed by atoms with van der Waals surface area (Å²) in [6.07, 6.45) is 4.59. The molecule has 0 N–H and O–H groups in total. The lowest BCUT2D eigenvalue weighted by Crippen LogP contribution is -2.37. The molecule has 0 amide bonds. The Morgan fingerprint density at radius 1 is 1.24 bits per heavy atom. The van der Waals surface area contributed by atoms with Crippen molar-refractivity contribution < 1.29 is 8.42 Å². The number of rotatable bonds is 3. The van der Waals surface area contributed by atoms with Crippen molar-refractivity contribution in [3.8, 4) is 6.07 Å². The van der Waals surface area contributed by atoms with Crippen LogP contribution in [0.15, 0.2) is 23.2 Å². The van der Waals surface area contributed by atoms with Crippen molar-refractivity contribution in [1.29, 1.82) is 5.26 Å². The third-order valence-electron chi connectivity index (χ3n) is 4.27. The standard InChI is InChI=1S/C14H18N4O2S/c15-9-12-3-4-14(10-16-12)21(19,20)18-8-5-13(11-18)17-6-1-2-7-17/h3-4,10,13H,1-2,5-8,11H2. The monoisotopic (exact) mass is 306 g/mol. The highest BCUT2D eigenvalue weighted by molar-refractivity contribution is 7.89. The van der Waals surface area contributed by atoms with E-state index in [2.05, 4.69) is 9.88 Å². The number of hydrogen-bond donors (Lipinski definition) is 0. The summed E-state index contributed by atoms with van der Waals surface area (Å²) < 4.78 is 26.7. The Balaban J connectivity index is 1.74. The van der Waals surface area contributed by atoms with Gasteiger partial charge in [-0.2, -0.15) is 9.57 Å². The van der Waals surface area contributed by atoms with Crippen molar-refractivity contribution in [1.82, 2.24) is 14.2 Å². The van der Waals surface area contributed by atoms with Gasteiger partial charge in [0, 0.05) is 25.3 Å². The molecule has 0 radical (unpaired) electrons. The van der Waals surface area contributed by atoms with Gasteiger partial charge in [0.1, 0.15) is 16.7 Å². The zero-order valence-electron chi connectivity index (χ0n) is 11.8. The predicted molar refractivity (Wildman–Crippen MR) is 76.9 cm³/mol. The first-order valence-electron chi connectivity index (χ1n) is 7.21. The summed E-state index contributed by atoms with van der Waals surface area (Å²) in [5, 5.41) is 8.72. The number of nitrogens with zero attached hydrogens (tertiary/aromatic N) is 4. The van der Waals surface area contributed by atoms with E-state index < -0.39 is 10.0 Å². The van der Waals surface area contributed by atoms with Gasteiger partial charge in [-0.15, -0.1) is 0 Å². The third-order valence-corrected chi connectivity index (χ3v) is 6.12. The van der Waals surface area contributed by atoms with Gasteiger partial charge in [-0.3, -0.25) is 4.90 Å². The summed E-state index contributed by atoms with van der Waals surface area (Å²) in [4.78, 5) is 6.42. The van der Waals surface area contributed by atoms with Crippen LogP contribution < -0.4 is 0 Å². The van der Waals surface area contributed by atoms with Gasteiger partial charge < -0.3 is 0 Å². The molecule has 2 aliphatic heterocycles. The average Bonchev–Trinajstić information content (AvgIpc) is 3.18. The van der Waals surface area contributed by atoms with Crippen LogP contribution >= 0.6 is 0 Å². The van der Waals surface area contributed by atoms with E-state index in [1.54, 1.807) is 4.31 Å². The molecule has 0 aromatic carbocycles. The van der Waals surface area contributed by atoms with Crippen molar-refractivity contribution in [2.24, 2.45) is 0 Å². The highest BCUT2D eigenvalue weighted by Gasteiger charge is 2.35. The van der Waals surface area contributed by atoms with Crippen LogP contribution in [0.5, 0.6) is 0 Å². The maximum absolute atomic E-state index is 12.6. The first-order valence-corrected chi connectivity index (χ1v) is 8.65. The molecule has 2 saturated heterocycles. The summed E-state index contributed by atoms with van der Waals surface area (Å²) in [5.74, 6) is 0. The molecule has 21 heavy (non-hydrogen) atoms. The molecule has 7 heteroatoms. The van der Waals surface area contributed by atoms with Crippen LogP contribution in [0.1, 0.15) is 25.0 Å². The second-order valence-corrected chi connectivity index (χ2v) is 7.48. The van der Waals surface area contributed by atoms with Gasteiger partial charge in [0.2, 0.25) is 10.0 Å². The van der Waals surface area contributed by atoms with E-state index in [0.29, 0.717) is 19.1 Å². The summed E-state index contributed by atoms with van der Waals surface area (Å²) in [7, 11) is -3.49. The lowest BCUT2D eigenvalue weighted by Gasteiger charge is -2.23. The molecule has 2 fully saturated rings. The van der Waals surface area contributed by atoms with Crippen LogP contribution in [0, 0.1) is 11.3 Å². The van der Waals surface area contributed by atoms with Crippen LogP contribution in [0.4, 0.5) is 0 Å². The summed E-state index contributed by atoms with van der Waals surface area (Å²) in [6, 6.07) is 5.14. The molecule has 1 atom stereocenters. The smallest absolute Gasteiger partial charge is 0.244 e. The number of hydrogen-bond acceptors (Lipinski definition) is 5. The molecule has 1 unspecified atom stereocenters. The maximum Gasteiger partial charge on any atom is 0.244 e. The SMILES string of the molecule is N#Cc1ccc(S(=O)(=O)N2CCC(N3CCCC3)C2)cn1. The Morgan fingerprint density at radius 2 is 2.00 bits per heavy atom. The minimum atomic E-state index is -3.49. The fourth-order valence-electron chi connectivity index (χ4n) is 3.08. The van der Waals surface area contributed by atoms with Crippen LogP contribution in [-0.2, 0) is 10.0 Å². The highest BCUT2D eigenvalue weighted by Crippen LogP contribution is 2.25. The van der Waals surface area contributed by atoms with Gasteiger partial charge in [0.15, 0.2) is 0 Å². The van der Waals surface area contributed by atoms with Gasteiger partial charge in [-0.05, 0) is 44.5 Å². The molecule has 0 aliphatic carbocycles. The Hall–Kier alpha value is -1.49. The zero-order valence-corrected chi connectivity index (χ0v) is 12.6. The fourth-order valence-corrected chi connectivity index (χ4v) is 4.52. The molecule has 6 nitrogen and oxygen atoms in total. The number of sulfonamides is 1. The molecule has 2 aliphatic rings. The van der Waals surface area contributed by atoms with Crippen LogP contribution in [0.2, 0.25) is 0 Å². The van der Waals surface area contributed by atoms with Crippen LogP contribution in [0.3, 0.4) is 0 Å². The Kier molecular flexibility index (Phi) is 3.93. The van der Waals surface area contributed by atoms with Crippen molar-refractivity contribution in [2.75, 3.05) is 26.2 Å². The van der Waals surface area contributed by atoms with Crippen molar-refractivity contribution in [2.45, 2.75) is 30.2 Å². The van der Waals surface area contributed by atoms with E-state index in [4.69, 9.17) is 5.26 Å². The second-order valence-electron chi connectivity index (χ2n) is 5.54. The topological polar surface area (TPSA) is 77.3 Å². The van der Waals surface area contributed by atoms with E-state index in [1.165, 1.54) is 31.2 Å². The summed E-state index contributed by atoms with van der Waals surface area (Å²) in [5.41, 5.74) is 0.227. The zero-order chi connectivity index (χ0) is 14.9. The fraction of sp³-hybridized carbons (Fsp3) is 0.571. The average molecular weight is 306 g/mol. The molecule has 0 bridgehead atoms. The van der Waals surface area contributed by atoms with E-state index >= 15 is 0 Å². The molecular formula is C14H18N4O2S. The van der Waals surface area contributed by atoms with Crippen molar-refractivity contribution >= 4 is 10.0 Å². The molecule has 0 saturated carbocycles. The largest absolute Gasteiger partial charge is 0.299 e. The molecular weight excluding hydrogens is 288 g/mol. The van der Waals surface area contributed by atoms with Crippen molar-refractivity contribution in [3.63, 3.8) is 0 Å². The number of pyridine rings is 1. The number of nitriles is 1. The van der Waals surface area contributed by atoms with Crippen molar-refractivity contribution in [3.05, 3.63) is 24.0 Å². The lowest BCUT2D eigenvalue weighted by molar-refractivity contribution is 0.251. The third kappa shape index (κ3) is 2.79. The van der Waals surface area contributed by atoms with Crippen LogP contribution in [0.25, 0.3) is 0 Å². The summed E-state index contributed by atoms with van der Waals surface area (Å²) in [6.45, 7) is 3.28. The quantitative estimate of drug-likeness (QED) is 0.826. The Morgan fingerprint density at radius 3 is 2.62 bits per heavy atom. The van der Waals surface area contributed by atoms with Crippen LogP contribution in [-0.4, -0.2) is 54.8 Å². The second kappa shape index (κ2) is 5.72. The van der Waals surface area contributed by atoms with E-state index in [9.17, 15) is 8.42 Å². The van der Waals surface area contributed by atoms with Gasteiger partial charge in [-0.1, -0.05) is 0 Å². The molecule has 112 valence electrons. The first-order chi connectivity index (χ1) is 10.1. The highest BCUT2D eigenvalue weighted by atomic mass is 32.2. The van der Waals surface area contributed by atoms with Gasteiger partial charge in [-0.25, -0.2) is 13.4 Å². The molecule has 3 heterocycles. The maximum atomic E-state index is 12.6. The predicted octanol–water partition coefficient (Wildman–Crippen LogP) is 0.812. The van der Waals surface area contributed by atoms with E-state index in [1.807, 2.05) is 6.07 Å². The molecule has 3 rings (SSSR count). The summed E-state index contributed by atoms with van der Waals surface area (Å²) >= 11 is 0. The van der Waals surface area contributed by atoms with E-state index in [-0.39, 0.29) is 10.6 Å². The normalized spacial score (nSPS) is 24.2. The van der Waals surface area contributed by atoms with Gasteiger partial charge >= 0.3 is 0 Å². The minimum absolute atomic E-state index is 0.170. The molecule has 1 aromatic rings. The number of likely N-dealkylation sites (tertiary alicyclic amines) is 1. The van der Waals surface area contributed by atoms with Gasteiger partial charge in [0.25, 0.3) is 0 Å². The Labute approximate surface area is 125 Å². The minimum Gasteiger partial charge on any atom is -0.299 e. The first kappa shape index (κ1) is 14.4. The lowest BCUT2D eigenvalue weighted by atomic mass is 10.2. The van der Waals surface area contributed by atoms with Gasteiger partial charge in [0.05, 0.1) is 0 Å².